The zero-order chi connectivity index (χ0) is 24.4. The van der Waals surface area contributed by atoms with Gasteiger partial charge in [-0.1, -0.05) is 17.4 Å². The van der Waals surface area contributed by atoms with Gasteiger partial charge in [0.15, 0.2) is 11.5 Å². The summed E-state index contributed by atoms with van der Waals surface area (Å²) in [6.45, 7) is 4.56. The first kappa shape index (κ1) is 23.5. The fraction of sp³-hybridized carbons (Fsp3) is 0.333. The quantitative estimate of drug-likeness (QED) is 0.544. The summed E-state index contributed by atoms with van der Waals surface area (Å²) in [6.07, 6.45) is 0.350. The number of carbonyl (C=O) groups is 2. The lowest BCUT2D eigenvalue weighted by Crippen LogP contribution is -2.24. The molecule has 1 aromatic heterocycles. The number of rotatable bonds is 7. The van der Waals surface area contributed by atoms with Gasteiger partial charge in [0, 0.05) is 30.1 Å². The zero-order valence-corrected chi connectivity index (χ0v) is 20.5. The van der Waals surface area contributed by atoms with Gasteiger partial charge in [-0.05, 0) is 49.2 Å². The normalized spacial score (nSPS) is 15.4. The number of amides is 2. The molecule has 2 heterocycles. The molecule has 0 aliphatic carbocycles. The molecule has 10 heteroatoms. The van der Waals surface area contributed by atoms with Crippen LogP contribution in [-0.4, -0.2) is 49.9 Å². The first-order chi connectivity index (χ1) is 16.3. The third-order valence-corrected chi connectivity index (χ3v) is 6.58. The van der Waals surface area contributed by atoms with Crippen molar-refractivity contribution in [3.8, 4) is 17.2 Å². The van der Waals surface area contributed by atoms with Crippen LogP contribution in [0.3, 0.4) is 0 Å². The Labute approximate surface area is 201 Å². The molecule has 1 saturated heterocycles. The largest absolute Gasteiger partial charge is 0.493 e. The Balaban J connectivity index is 1.49. The molecule has 3 aromatic rings. The van der Waals surface area contributed by atoms with Gasteiger partial charge in [0.05, 0.1) is 21.3 Å². The van der Waals surface area contributed by atoms with Gasteiger partial charge in [-0.3, -0.25) is 14.9 Å². The van der Waals surface area contributed by atoms with E-state index in [1.54, 1.807) is 17.0 Å². The maximum Gasteiger partial charge on any atom is 0.257 e. The lowest BCUT2D eigenvalue weighted by atomic mass is 10.1. The zero-order valence-electron chi connectivity index (χ0n) is 19.7. The Morgan fingerprint density at radius 3 is 2.24 bits per heavy atom. The summed E-state index contributed by atoms with van der Waals surface area (Å²) in [7, 11) is 4.47. The van der Waals surface area contributed by atoms with Gasteiger partial charge in [0.2, 0.25) is 16.8 Å². The standard InChI is InChI=1S/C24H26N4O5S/c1-13-6-14(2)8-17(7-13)28-12-16(11-20(28)29)23-26-27-24(34-23)25-22(30)15-9-18(31-3)21(33-5)19(10-15)32-4/h6-10,16H,11-12H2,1-5H3,(H,25,27,30). The lowest BCUT2D eigenvalue weighted by Gasteiger charge is -2.17. The van der Waals surface area contributed by atoms with Crippen LogP contribution in [0.2, 0.25) is 0 Å². The number of ether oxygens (including phenoxy) is 3. The Bertz CT molecular complexity index is 1200. The Morgan fingerprint density at radius 2 is 1.65 bits per heavy atom. The van der Waals surface area contributed by atoms with E-state index >= 15 is 0 Å². The van der Waals surface area contributed by atoms with Gasteiger partial charge >= 0.3 is 0 Å². The summed E-state index contributed by atoms with van der Waals surface area (Å²) < 4.78 is 15.9. The number of nitrogens with zero attached hydrogens (tertiary/aromatic N) is 3. The number of anilines is 2. The molecule has 1 unspecified atom stereocenters. The molecular weight excluding hydrogens is 456 g/mol. The van der Waals surface area contributed by atoms with E-state index in [-0.39, 0.29) is 17.7 Å². The summed E-state index contributed by atoms with van der Waals surface area (Å²) in [5, 5.41) is 12.2. The van der Waals surface area contributed by atoms with Crippen molar-refractivity contribution in [3.63, 3.8) is 0 Å². The second-order valence-corrected chi connectivity index (χ2v) is 9.07. The summed E-state index contributed by atoms with van der Waals surface area (Å²) in [5.41, 5.74) is 3.44. The molecule has 1 aliphatic heterocycles. The number of nitrogens with one attached hydrogen (secondary N) is 1. The second-order valence-electron chi connectivity index (χ2n) is 8.06. The highest BCUT2D eigenvalue weighted by Crippen LogP contribution is 2.39. The molecule has 178 valence electrons. The SMILES string of the molecule is COc1cc(C(=O)Nc2nnc(C3CC(=O)N(c4cc(C)cc(C)c4)C3)s2)cc(OC)c1OC. The summed E-state index contributed by atoms with van der Waals surface area (Å²) in [4.78, 5) is 27.3. The number of methoxy groups -OCH3 is 3. The van der Waals surface area contributed by atoms with Gasteiger partial charge in [0.25, 0.3) is 5.91 Å². The molecule has 2 amide bonds. The highest BCUT2D eigenvalue weighted by Gasteiger charge is 2.34. The van der Waals surface area contributed by atoms with E-state index in [2.05, 4.69) is 21.6 Å². The van der Waals surface area contributed by atoms with Crippen LogP contribution in [0.15, 0.2) is 30.3 Å². The average molecular weight is 483 g/mol. The molecule has 1 atom stereocenters. The van der Waals surface area contributed by atoms with E-state index in [9.17, 15) is 9.59 Å². The van der Waals surface area contributed by atoms with E-state index in [1.807, 2.05) is 26.0 Å². The van der Waals surface area contributed by atoms with Crippen LogP contribution < -0.4 is 24.4 Å². The predicted molar refractivity (Wildman–Crippen MR) is 130 cm³/mol. The number of aromatic nitrogens is 2. The number of hydrogen-bond acceptors (Lipinski definition) is 8. The maximum absolute atomic E-state index is 12.8. The first-order valence-electron chi connectivity index (χ1n) is 10.7. The van der Waals surface area contributed by atoms with Crippen molar-refractivity contribution in [2.24, 2.45) is 0 Å². The minimum absolute atomic E-state index is 0.0493. The molecule has 1 aliphatic rings. The van der Waals surface area contributed by atoms with E-state index in [1.165, 1.54) is 32.7 Å². The van der Waals surface area contributed by atoms with E-state index < -0.39 is 0 Å². The number of carbonyl (C=O) groups excluding carboxylic acids is 2. The molecule has 0 bridgehead atoms. The molecule has 0 spiro atoms. The maximum atomic E-state index is 12.8. The summed E-state index contributed by atoms with van der Waals surface area (Å²) in [5.74, 6) is 0.730. The molecule has 34 heavy (non-hydrogen) atoms. The van der Waals surface area contributed by atoms with E-state index in [4.69, 9.17) is 14.2 Å². The van der Waals surface area contributed by atoms with Crippen molar-refractivity contribution in [2.75, 3.05) is 38.1 Å². The fourth-order valence-electron chi connectivity index (χ4n) is 4.06. The van der Waals surface area contributed by atoms with Crippen molar-refractivity contribution >= 4 is 34.0 Å². The van der Waals surface area contributed by atoms with Crippen molar-refractivity contribution in [1.29, 1.82) is 0 Å². The van der Waals surface area contributed by atoms with Crippen LogP contribution in [0, 0.1) is 13.8 Å². The number of aryl methyl sites for hydroxylation is 2. The van der Waals surface area contributed by atoms with Gasteiger partial charge in [-0.2, -0.15) is 0 Å². The smallest absolute Gasteiger partial charge is 0.257 e. The topological polar surface area (TPSA) is 103 Å². The van der Waals surface area contributed by atoms with Gasteiger partial charge < -0.3 is 19.1 Å². The van der Waals surface area contributed by atoms with Crippen LogP contribution in [0.4, 0.5) is 10.8 Å². The first-order valence-corrected chi connectivity index (χ1v) is 11.5. The van der Waals surface area contributed by atoms with Crippen molar-refractivity contribution in [3.05, 3.63) is 52.0 Å². The Morgan fingerprint density at radius 1 is 1.00 bits per heavy atom. The Kier molecular flexibility index (Phi) is 6.69. The fourth-order valence-corrected chi connectivity index (χ4v) is 4.89. The molecule has 2 aromatic carbocycles. The van der Waals surface area contributed by atoms with E-state index in [0.717, 1.165) is 16.8 Å². The molecule has 9 nitrogen and oxygen atoms in total. The molecule has 1 N–H and O–H groups in total. The predicted octanol–water partition coefficient (Wildman–Crippen LogP) is 3.95. The van der Waals surface area contributed by atoms with Crippen molar-refractivity contribution in [1.82, 2.24) is 10.2 Å². The number of benzene rings is 2. The lowest BCUT2D eigenvalue weighted by molar-refractivity contribution is -0.117. The van der Waals surface area contributed by atoms with Crippen LogP contribution >= 0.6 is 11.3 Å². The highest BCUT2D eigenvalue weighted by atomic mass is 32.1. The molecule has 4 rings (SSSR count). The van der Waals surface area contributed by atoms with Crippen molar-refractivity contribution < 1.29 is 23.8 Å². The molecule has 0 saturated carbocycles. The average Bonchev–Trinajstić information content (AvgIpc) is 3.43. The third-order valence-electron chi connectivity index (χ3n) is 5.58. The minimum Gasteiger partial charge on any atom is -0.493 e. The highest BCUT2D eigenvalue weighted by molar-refractivity contribution is 7.15. The van der Waals surface area contributed by atoms with Crippen LogP contribution in [0.5, 0.6) is 17.2 Å². The molecular formula is C24H26N4O5S. The summed E-state index contributed by atoms with van der Waals surface area (Å²) in [6, 6.07) is 9.23. The third kappa shape index (κ3) is 4.67. The van der Waals surface area contributed by atoms with Gasteiger partial charge in [-0.15, -0.1) is 10.2 Å². The number of hydrogen-bond donors (Lipinski definition) is 1. The second kappa shape index (κ2) is 9.68. The van der Waals surface area contributed by atoms with Gasteiger partial charge in [0.1, 0.15) is 5.01 Å². The van der Waals surface area contributed by atoms with Crippen LogP contribution in [0.1, 0.15) is 38.8 Å². The molecule has 0 radical (unpaired) electrons. The monoisotopic (exact) mass is 482 g/mol. The van der Waals surface area contributed by atoms with Crippen molar-refractivity contribution in [2.45, 2.75) is 26.2 Å². The van der Waals surface area contributed by atoms with E-state index in [0.29, 0.717) is 45.9 Å². The van der Waals surface area contributed by atoms with Crippen LogP contribution in [-0.2, 0) is 4.79 Å². The van der Waals surface area contributed by atoms with Gasteiger partial charge in [-0.25, -0.2) is 0 Å². The minimum atomic E-state index is -0.388. The van der Waals surface area contributed by atoms with Crippen LogP contribution in [0.25, 0.3) is 0 Å². The molecule has 1 fully saturated rings. The Hall–Kier alpha value is -3.66. The summed E-state index contributed by atoms with van der Waals surface area (Å²) >= 11 is 1.27.